The number of nitrogens with one attached hydrogen (secondary N) is 2. The standard InChI is InChI=1S/C17H34N4O2/c1-12(2)20-8-14(9-20)18-7-13(3)21-10-15(11-21)19-16(22)23-17(4,5)6/h12-15,18H,7-11H2,1-6H3,(H,19,22). The normalized spacial score (nSPS) is 22.6. The van der Waals surface area contributed by atoms with Gasteiger partial charge in [-0.15, -0.1) is 0 Å². The predicted molar refractivity (Wildman–Crippen MR) is 92.7 cm³/mol. The molecular formula is C17H34N4O2. The summed E-state index contributed by atoms with van der Waals surface area (Å²) < 4.78 is 5.28. The van der Waals surface area contributed by atoms with E-state index < -0.39 is 5.60 Å². The maximum Gasteiger partial charge on any atom is 0.407 e. The van der Waals surface area contributed by atoms with Crippen LogP contribution in [0.3, 0.4) is 0 Å². The van der Waals surface area contributed by atoms with Gasteiger partial charge in [-0.1, -0.05) is 0 Å². The van der Waals surface area contributed by atoms with E-state index in [4.69, 9.17) is 4.74 Å². The summed E-state index contributed by atoms with van der Waals surface area (Å²) in [5.74, 6) is 0. The molecule has 2 saturated heterocycles. The van der Waals surface area contributed by atoms with Crippen molar-refractivity contribution < 1.29 is 9.53 Å². The van der Waals surface area contributed by atoms with Crippen LogP contribution in [-0.2, 0) is 4.74 Å². The third-order valence-electron chi connectivity index (χ3n) is 4.60. The van der Waals surface area contributed by atoms with Crippen LogP contribution in [0.15, 0.2) is 0 Å². The van der Waals surface area contributed by atoms with Gasteiger partial charge in [0.15, 0.2) is 0 Å². The summed E-state index contributed by atoms with van der Waals surface area (Å²) in [5.41, 5.74) is -0.433. The lowest BCUT2D eigenvalue weighted by atomic mass is 10.0. The van der Waals surface area contributed by atoms with Crippen LogP contribution in [0.1, 0.15) is 41.5 Å². The van der Waals surface area contributed by atoms with Gasteiger partial charge in [0, 0.05) is 50.8 Å². The molecule has 1 unspecified atom stereocenters. The van der Waals surface area contributed by atoms with Crippen LogP contribution in [0.2, 0.25) is 0 Å². The average Bonchev–Trinajstić information content (AvgIpc) is 2.28. The number of rotatable bonds is 6. The number of ether oxygens (including phenoxy) is 1. The summed E-state index contributed by atoms with van der Waals surface area (Å²) in [6, 6.07) is 2.00. The van der Waals surface area contributed by atoms with Crippen molar-refractivity contribution in [2.45, 2.75) is 71.3 Å². The Morgan fingerprint density at radius 3 is 2.17 bits per heavy atom. The molecule has 1 amide bonds. The lowest BCUT2D eigenvalue weighted by Crippen LogP contribution is -2.65. The van der Waals surface area contributed by atoms with Gasteiger partial charge in [-0.05, 0) is 41.5 Å². The Bertz CT molecular complexity index is 396. The zero-order chi connectivity index (χ0) is 17.2. The van der Waals surface area contributed by atoms with E-state index in [9.17, 15) is 4.79 Å². The molecule has 6 heteroatoms. The largest absolute Gasteiger partial charge is 0.444 e. The molecule has 6 nitrogen and oxygen atoms in total. The molecule has 0 aromatic rings. The second-order valence-electron chi connectivity index (χ2n) is 8.30. The Morgan fingerprint density at radius 2 is 1.65 bits per heavy atom. The Kier molecular flexibility index (Phi) is 5.92. The predicted octanol–water partition coefficient (Wildman–Crippen LogP) is 1.27. The number of alkyl carbamates (subject to hydrolysis) is 1. The summed E-state index contributed by atoms with van der Waals surface area (Å²) in [6.07, 6.45) is -0.309. The number of amides is 1. The minimum atomic E-state index is -0.433. The van der Waals surface area contributed by atoms with E-state index >= 15 is 0 Å². The summed E-state index contributed by atoms with van der Waals surface area (Å²) in [7, 11) is 0. The van der Waals surface area contributed by atoms with Gasteiger partial charge in [0.1, 0.15) is 5.60 Å². The van der Waals surface area contributed by atoms with Crippen LogP contribution in [0.25, 0.3) is 0 Å². The monoisotopic (exact) mass is 326 g/mol. The molecule has 0 radical (unpaired) electrons. The molecule has 2 aliphatic heterocycles. The van der Waals surface area contributed by atoms with Crippen molar-refractivity contribution in [3.8, 4) is 0 Å². The Balaban J connectivity index is 1.55. The minimum absolute atomic E-state index is 0.215. The first-order chi connectivity index (χ1) is 10.6. The fraction of sp³-hybridized carbons (Fsp3) is 0.941. The number of carbonyl (C=O) groups excluding carboxylic acids is 1. The Labute approximate surface area is 140 Å². The number of nitrogens with zero attached hydrogens (tertiary/aromatic N) is 2. The molecule has 0 saturated carbocycles. The van der Waals surface area contributed by atoms with E-state index in [-0.39, 0.29) is 12.1 Å². The highest BCUT2D eigenvalue weighted by Crippen LogP contribution is 2.15. The maximum atomic E-state index is 11.7. The highest BCUT2D eigenvalue weighted by Gasteiger charge is 2.33. The topological polar surface area (TPSA) is 56.8 Å². The van der Waals surface area contributed by atoms with Crippen LogP contribution in [0, 0.1) is 0 Å². The van der Waals surface area contributed by atoms with Gasteiger partial charge in [0.25, 0.3) is 0 Å². The van der Waals surface area contributed by atoms with E-state index in [1.807, 2.05) is 20.8 Å². The molecule has 0 aliphatic carbocycles. The van der Waals surface area contributed by atoms with Crippen LogP contribution < -0.4 is 10.6 Å². The smallest absolute Gasteiger partial charge is 0.407 e. The molecule has 0 bridgehead atoms. The molecule has 0 aromatic carbocycles. The van der Waals surface area contributed by atoms with E-state index in [2.05, 4.69) is 41.2 Å². The third-order valence-corrected chi connectivity index (χ3v) is 4.60. The van der Waals surface area contributed by atoms with Gasteiger partial charge in [-0.2, -0.15) is 0 Å². The SMILES string of the molecule is CC(C)N1CC(NCC(C)N2CC(NC(=O)OC(C)(C)C)C2)C1. The van der Waals surface area contributed by atoms with Crippen LogP contribution in [-0.4, -0.2) is 78.4 Å². The van der Waals surface area contributed by atoms with Gasteiger partial charge < -0.3 is 15.4 Å². The summed E-state index contributed by atoms with van der Waals surface area (Å²) >= 11 is 0. The zero-order valence-electron chi connectivity index (χ0n) is 15.6. The highest BCUT2D eigenvalue weighted by atomic mass is 16.6. The molecular weight excluding hydrogens is 292 g/mol. The van der Waals surface area contributed by atoms with E-state index in [1.54, 1.807) is 0 Å². The lowest BCUT2D eigenvalue weighted by molar-refractivity contribution is 0.0316. The Morgan fingerprint density at radius 1 is 1.09 bits per heavy atom. The molecule has 2 heterocycles. The number of hydrogen-bond donors (Lipinski definition) is 2. The summed E-state index contributed by atoms with van der Waals surface area (Å²) in [5, 5.41) is 6.58. The lowest BCUT2D eigenvalue weighted by Gasteiger charge is -2.46. The van der Waals surface area contributed by atoms with Crippen LogP contribution in [0.5, 0.6) is 0 Å². The fourth-order valence-corrected chi connectivity index (χ4v) is 2.97. The molecule has 2 rings (SSSR count). The van der Waals surface area contributed by atoms with Gasteiger partial charge in [-0.3, -0.25) is 9.80 Å². The first-order valence-electron chi connectivity index (χ1n) is 8.85. The molecule has 0 aromatic heterocycles. The van der Waals surface area contributed by atoms with E-state index in [1.165, 1.54) is 0 Å². The molecule has 2 fully saturated rings. The van der Waals surface area contributed by atoms with Crippen molar-refractivity contribution in [3.63, 3.8) is 0 Å². The summed E-state index contributed by atoms with van der Waals surface area (Å²) in [4.78, 5) is 16.6. The second-order valence-corrected chi connectivity index (χ2v) is 8.30. The average molecular weight is 326 g/mol. The minimum Gasteiger partial charge on any atom is -0.444 e. The third kappa shape index (κ3) is 5.62. The maximum absolute atomic E-state index is 11.7. The number of hydrogen-bond acceptors (Lipinski definition) is 5. The van der Waals surface area contributed by atoms with Crippen molar-refractivity contribution in [2.24, 2.45) is 0 Å². The number of likely N-dealkylation sites (tertiary alicyclic amines) is 2. The molecule has 2 aliphatic rings. The Hall–Kier alpha value is -0.850. The second kappa shape index (κ2) is 7.36. The van der Waals surface area contributed by atoms with Crippen molar-refractivity contribution in [3.05, 3.63) is 0 Å². The number of carbonyl (C=O) groups is 1. The fourth-order valence-electron chi connectivity index (χ4n) is 2.97. The molecule has 134 valence electrons. The van der Waals surface area contributed by atoms with Gasteiger partial charge >= 0.3 is 6.09 Å². The van der Waals surface area contributed by atoms with Crippen molar-refractivity contribution in [1.82, 2.24) is 20.4 Å². The first-order valence-corrected chi connectivity index (χ1v) is 8.85. The van der Waals surface area contributed by atoms with E-state index in [0.717, 1.165) is 32.7 Å². The van der Waals surface area contributed by atoms with Crippen molar-refractivity contribution in [2.75, 3.05) is 32.7 Å². The summed E-state index contributed by atoms with van der Waals surface area (Å²) in [6.45, 7) is 17.5. The molecule has 0 spiro atoms. The first kappa shape index (κ1) is 18.5. The van der Waals surface area contributed by atoms with Gasteiger partial charge in [-0.25, -0.2) is 4.79 Å². The molecule has 2 N–H and O–H groups in total. The van der Waals surface area contributed by atoms with Crippen LogP contribution >= 0.6 is 0 Å². The molecule has 1 atom stereocenters. The van der Waals surface area contributed by atoms with Crippen LogP contribution in [0.4, 0.5) is 4.79 Å². The van der Waals surface area contributed by atoms with E-state index in [0.29, 0.717) is 18.1 Å². The zero-order valence-corrected chi connectivity index (χ0v) is 15.6. The van der Waals surface area contributed by atoms with Gasteiger partial charge in [0.2, 0.25) is 0 Å². The quantitative estimate of drug-likeness (QED) is 0.770. The van der Waals surface area contributed by atoms with Crippen molar-refractivity contribution >= 4 is 6.09 Å². The highest BCUT2D eigenvalue weighted by molar-refractivity contribution is 5.68. The van der Waals surface area contributed by atoms with Crippen molar-refractivity contribution in [1.29, 1.82) is 0 Å². The van der Waals surface area contributed by atoms with Gasteiger partial charge in [0.05, 0.1) is 6.04 Å². The molecule has 23 heavy (non-hydrogen) atoms.